The number of carboxylic acids is 1. The molecule has 0 saturated carbocycles. The minimum Gasteiger partial charge on any atom is -0.497 e. The van der Waals surface area contributed by atoms with E-state index < -0.39 is 5.97 Å². The Kier molecular flexibility index (Phi) is 2.59. The first kappa shape index (κ1) is 10.2. The van der Waals surface area contributed by atoms with Gasteiger partial charge in [0.25, 0.3) is 0 Å². The average Bonchev–Trinajstić information content (AvgIpc) is 2.78. The van der Waals surface area contributed by atoms with Crippen LogP contribution in [0.15, 0.2) is 34.9 Å². The van der Waals surface area contributed by atoms with E-state index in [4.69, 9.17) is 14.3 Å². The van der Waals surface area contributed by atoms with E-state index in [2.05, 4.69) is 4.98 Å². The van der Waals surface area contributed by atoms with Gasteiger partial charge in [0.2, 0.25) is 11.7 Å². The second-order valence-corrected chi connectivity index (χ2v) is 3.07. The van der Waals surface area contributed by atoms with E-state index in [9.17, 15) is 4.79 Å². The predicted octanol–water partition coefficient (Wildman–Crippen LogP) is 2.05. The van der Waals surface area contributed by atoms with Crippen molar-refractivity contribution >= 4 is 5.97 Å². The molecule has 0 atom stereocenters. The molecule has 16 heavy (non-hydrogen) atoms. The van der Waals surface area contributed by atoms with Crippen LogP contribution in [0.4, 0.5) is 0 Å². The minimum absolute atomic E-state index is 0.183. The maximum Gasteiger partial charge on any atom is 0.373 e. The lowest BCUT2D eigenvalue weighted by atomic mass is 10.2. The number of benzene rings is 1. The standard InChI is InChI=1S/C11H9NO4/c1-15-8-4-2-3-7(5-8)10-12-6-9(16-10)11(13)14/h2-6H,1H3,(H,13,14). The van der Waals surface area contributed by atoms with Crippen LogP contribution < -0.4 is 4.74 Å². The Hall–Kier alpha value is -2.30. The predicted molar refractivity (Wildman–Crippen MR) is 55.5 cm³/mol. The maximum atomic E-state index is 10.6. The van der Waals surface area contributed by atoms with Crippen molar-refractivity contribution < 1.29 is 19.1 Å². The van der Waals surface area contributed by atoms with Gasteiger partial charge in [0.1, 0.15) is 5.75 Å². The molecule has 0 aliphatic carbocycles. The highest BCUT2D eigenvalue weighted by Gasteiger charge is 2.12. The van der Waals surface area contributed by atoms with Crippen LogP contribution >= 0.6 is 0 Å². The zero-order chi connectivity index (χ0) is 11.5. The number of carbonyl (C=O) groups is 1. The van der Waals surface area contributed by atoms with Crippen molar-refractivity contribution in [3.63, 3.8) is 0 Å². The van der Waals surface area contributed by atoms with E-state index in [0.717, 1.165) is 0 Å². The first-order valence-corrected chi connectivity index (χ1v) is 4.54. The molecule has 5 nitrogen and oxygen atoms in total. The fraction of sp³-hybridized carbons (Fsp3) is 0.0909. The summed E-state index contributed by atoms with van der Waals surface area (Å²) in [6.45, 7) is 0. The number of rotatable bonds is 3. The Morgan fingerprint density at radius 1 is 1.50 bits per heavy atom. The largest absolute Gasteiger partial charge is 0.497 e. The number of aromatic nitrogens is 1. The van der Waals surface area contributed by atoms with Crippen LogP contribution in [0.1, 0.15) is 10.6 Å². The minimum atomic E-state index is -1.14. The van der Waals surface area contributed by atoms with Crippen molar-refractivity contribution in [2.45, 2.75) is 0 Å². The number of methoxy groups -OCH3 is 1. The van der Waals surface area contributed by atoms with Crippen molar-refractivity contribution in [1.82, 2.24) is 4.98 Å². The number of hydrogen-bond acceptors (Lipinski definition) is 4. The van der Waals surface area contributed by atoms with Crippen molar-refractivity contribution in [2.75, 3.05) is 7.11 Å². The molecule has 82 valence electrons. The molecule has 0 spiro atoms. The summed E-state index contributed by atoms with van der Waals surface area (Å²) in [7, 11) is 1.55. The lowest BCUT2D eigenvalue weighted by Gasteiger charge is -2.00. The number of nitrogens with zero attached hydrogens (tertiary/aromatic N) is 1. The number of ether oxygens (including phenoxy) is 1. The van der Waals surface area contributed by atoms with E-state index in [1.54, 1.807) is 31.4 Å². The summed E-state index contributed by atoms with van der Waals surface area (Å²) in [5, 5.41) is 8.69. The number of aromatic carboxylic acids is 1. The summed E-state index contributed by atoms with van der Waals surface area (Å²) >= 11 is 0. The van der Waals surface area contributed by atoms with Gasteiger partial charge in [-0.1, -0.05) is 6.07 Å². The molecule has 1 aromatic carbocycles. The molecule has 1 heterocycles. The van der Waals surface area contributed by atoms with Crippen LogP contribution in [0.3, 0.4) is 0 Å². The molecule has 1 aromatic heterocycles. The average molecular weight is 219 g/mol. The van der Waals surface area contributed by atoms with Gasteiger partial charge in [-0.05, 0) is 18.2 Å². The second-order valence-electron chi connectivity index (χ2n) is 3.07. The Morgan fingerprint density at radius 2 is 2.31 bits per heavy atom. The van der Waals surface area contributed by atoms with Gasteiger partial charge in [-0.3, -0.25) is 0 Å². The Morgan fingerprint density at radius 3 is 2.94 bits per heavy atom. The highest BCUT2D eigenvalue weighted by atomic mass is 16.5. The quantitative estimate of drug-likeness (QED) is 0.855. The second kappa shape index (κ2) is 4.06. The molecule has 0 amide bonds. The van der Waals surface area contributed by atoms with Gasteiger partial charge in [0, 0.05) is 5.56 Å². The lowest BCUT2D eigenvalue weighted by Crippen LogP contribution is -1.91. The van der Waals surface area contributed by atoms with E-state index in [1.165, 1.54) is 6.20 Å². The molecular formula is C11H9NO4. The number of hydrogen-bond donors (Lipinski definition) is 1. The molecule has 0 unspecified atom stereocenters. The molecule has 0 radical (unpaired) electrons. The monoisotopic (exact) mass is 219 g/mol. The van der Waals surface area contributed by atoms with Crippen LogP contribution in [0.2, 0.25) is 0 Å². The van der Waals surface area contributed by atoms with Crippen LogP contribution in [-0.4, -0.2) is 23.2 Å². The molecule has 5 heteroatoms. The maximum absolute atomic E-state index is 10.6. The van der Waals surface area contributed by atoms with Crippen LogP contribution in [0, 0.1) is 0 Å². The summed E-state index contributed by atoms with van der Waals surface area (Å²) in [4.78, 5) is 14.5. The van der Waals surface area contributed by atoms with Crippen LogP contribution in [0.25, 0.3) is 11.5 Å². The van der Waals surface area contributed by atoms with Gasteiger partial charge in [-0.25, -0.2) is 9.78 Å². The van der Waals surface area contributed by atoms with E-state index in [1.807, 2.05) is 0 Å². The molecular weight excluding hydrogens is 210 g/mol. The summed E-state index contributed by atoms with van der Waals surface area (Å²) < 4.78 is 10.1. The zero-order valence-electron chi connectivity index (χ0n) is 8.51. The number of carboxylic acid groups (broad SMARTS) is 1. The third-order valence-electron chi connectivity index (χ3n) is 2.03. The van der Waals surface area contributed by atoms with Crippen molar-refractivity contribution in [3.8, 4) is 17.2 Å². The van der Waals surface area contributed by atoms with Crippen molar-refractivity contribution in [1.29, 1.82) is 0 Å². The van der Waals surface area contributed by atoms with E-state index >= 15 is 0 Å². The molecule has 0 saturated heterocycles. The fourth-order valence-corrected chi connectivity index (χ4v) is 1.26. The van der Waals surface area contributed by atoms with Gasteiger partial charge in [0.15, 0.2) is 0 Å². The van der Waals surface area contributed by atoms with Gasteiger partial charge in [-0.2, -0.15) is 0 Å². The first-order valence-electron chi connectivity index (χ1n) is 4.54. The molecule has 2 rings (SSSR count). The summed E-state index contributed by atoms with van der Waals surface area (Å²) in [6, 6.07) is 7.04. The molecule has 1 N–H and O–H groups in total. The molecule has 0 fully saturated rings. The highest BCUT2D eigenvalue weighted by molar-refractivity contribution is 5.84. The van der Waals surface area contributed by atoms with Gasteiger partial charge in [-0.15, -0.1) is 0 Å². The first-order chi connectivity index (χ1) is 7.70. The summed E-state index contributed by atoms with van der Waals surface area (Å²) in [5.74, 6) is -0.400. The summed E-state index contributed by atoms with van der Waals surface area (Å²) in [6.07, 6.45) is 1.18. The van der Waals surface area contributed by atoms with E-state index in [0.29, 0.717) is 11.3 Å². The SMILES string of the molecule is COc1cccc(-c2ncc(C(=O)O)o2)c1. The topological polar surface area (TPSA) is 72.6 Å². The molecule has 0 aliphatic rings. The fourth-order valence-electron chi connectivity index (χ4n) is 1.26. The van der Waals surface area contributed by atoms with Crippen LogP contribution in [-0.2, 0) is 0 Å². The van der Waals surface area contributed by atoms with Gasteiger partial charge >= 0.3 is 5.97 Å². The summed E-state index contributed by atoms with van der Waals surface area (Å²) in [5.41, 5.74) is 0.673. The third kappa shape index (κ3) is 1.88. The highest BCUT2D eigenvalue weighted by Crippen LogP contribution is 2.23. The van der Waals surface area contributed by atoms with E-state index in [-0.39, 0.29) is 11.7 Å². The zero-order valence-corrected chi connectivity index (χ0v) is 8.51. The van der Waals surface area contributed by atoms with Crippen molar-refractivity contribution in [2.24, 2.45) is 0 Å². The number of oxazole rings is 1. The van der Waals surface area contributed by atoms with Crippen molar-refractivity contribution in [3.05, 3.63) is 36.2 Å². The van der Waals surface area contributed by atoms with Gasteiger partial charge in [0.05, 0.1) is 13.3 Å². The Bertz CT molecular complexity index is 518. The molecule has 0 aliphatic heterocycles. The normalized spacial score (nSPS) is 10.1. The Balaban J connectivity index is 2.38. The van der Waals surface area contributed by atoms with Crippen LogP contribution in [0.5, 0.6) is 5.75 Å². The smallest absolute Gasteiger partial charge is 0.373 e. The molecule has 2 aromatic rings. The lowest BCUT2D eigenvalue weighted by molar-refractivity contribution is 0.0663. The Labute approximate surface area is 91.3 Å². The third-order valence-corrected chi connectivity index (χ3v) is 2.03. The molecule has 0 bridgehead atoms. The van der Waals surface area contributed by atoms with Gasteiger partial charge < -0.3 is 14.3 Å².